The van der Waals surface area contributed by atoms with Crippen molar-refractivity contribution in [2.75, 3.05) is 37.7 Å². The molecule has 0 amide bonds. The first-order valence-electron chi connectivity index (χ1n) is 9.38. The van der Waals surface area contributed by atoms with E-state index in [4.69, 9.17) is 5.73 Å². The summed E-state index contributed by atoms with van der Waals surface area (Å²) in [5, 5.41) is 5.57. The lowest BCUT2D eigenvalue weighted by atomic mass is 9.96. The number of nitrogens with zero attached hydrogens (tertiary/aromatic N) is 2. The molecule has 3 N–H and O–H groups in total. The molecule has 1 fully saturated rings. The summed E-state index contributed by atoms with van der Waals surface area (Å²) in [6.07, 6.45) is 2.95. The molecule has 4 rings (SSSR count). The molecule has 140 valence electrons. The number of nitrogens with two attached hydrogens (primary N) is 1. The van der Waals surface area contributed by atoms with Gasteiger partial charge in [0.05, 0.1) is 0 Å². The Morgan fingerprint density at radius 3 is 2.89 bits per heavy atom. The Morgan fingerprint density at radius 1 is 1.30 bits per heavy atom. The van der Waals surface area contributed by atoms with Crippen LogP contribution in [0.2, 0.25) is 0 Å². The number of hydrogen-bond acceptors (Lipinski definition) is 4. The number of aryl methyl sites for hydroxylation is 1. The number of fused-ring (bicyclic) bond motifs is 1. The molecule has 3 aromatic rings. The third-order valence-electron chi connectivity index (χ3n) is 5.44. The van der Waals surface area contributed by atoms with E-state index in [1.807, 2.05) is 31.2 Å². The fourth-order valence-corrected chi connectivity index (χ4v) is 4.01. The Labute approximate surface area is 159 Å². The lowest BCUT2D eigenvalue weighted by Crippen LogP contribution is -2.19. The first-order valence-corrected chi connectivity index (χ1v) is 9.38. The van der Waals surface area contributed by atoms with Crippen LogP contribution in [0.1, 0.15) is 12.0 Å². The van der Waals surface area contributed by atoms with Crippen LogP contribution in [0.4, 0.5) is 15.9 Å². The number of aromatic nitrogens is 1. The van der Waals surface area contributed by atoms with Crippen LogP contribution in [0, 0.1) is 18.7 Å². The molecule has 0 bridgehead atoms. The molecule has 1 saturated heterocycles. The highest BCUT2D eigenvalue weighted by molar-refractivity contribution is 5.98. The zero-order chi connectivity index (χ0) is 19.0. The SMILES string of the molecule is Cc1cccc(F)c1-c1cc(NC[C@@H]2CCN(C)C2)c2cc(N)ncc2c1. The van der Waals surface area contributed by atoms with Crippen molar-refractivity contribution in [2.24, 2.45) is 5.92 Å². The van der Waals surface area contributed by atoms with Gasteiger partial charge in [0.2, 0.25) is 0 Å². The van der Waals surface area contributed by atoms with E-state index in [1.165, 1.54) is 12.5 Å². The normalized spacial score (nSPS) is 17.5. The van der Waals surface area contributed by atoms with Crippen molar-refractivity contribution in [3.8, 4) is 11.1 Å². The maximum absolute atomic E-state index is 14.5. The van der Waals surface area contributed by atoms with Gasteiger partial charge in [0.15, 0.2) is 0 Å². The third kappa shape index (κ3) is 3.60. The predicted octanol–water partition coefficient (Wildman–Crippen LogP) is 4.30. The van der Waals surface area contributed by atoms with Gasteiger partial charge in [-0.3, -0.25) is 0 Å². The molecule has 0 radical (unpaired) electrons. The maximum Gasteiger partial charge on any atom is 0.131 e. The summed E-state index contributed by atoms with van der Waals surface area (Å²) in [7, 11) is 2.16. The van der Waals surface area contributed by atoms with Gasteiger partial charge in [0.1, 0.15) is 11.6 Å². The Morgan fingerprint density at radius 2 is 2.15 bits per heavy atom. The number of pyridine rings is 1. The minimum Gasteiger partial charge on any atom is -0.384 e. The monoisotopic (exact) mass is 364 g/mol. The average Bonchev–Trinajstić information content (AvgIpc) is 3.05. The molecular weight excluding hydrogens is 339 g/mol. The molecule has 1 aromatic heterocycles. The van der Waals surface area contributed by atoms with Crippen LogP contribution in [-0.2, 0) is 0 Å². The molecule has 1 aliphatic heterocycles. The van der Waals surface area contributed by atoms with Crippen molar-refractivity contribution < 1.29 is 4.39 Å². The highest BCUT2D eigenvalue weighted by Crippen LogP contribution is 2.34. The van der Waals surface area contributed by atoms with Gasteiger partial charge in [-0.2, -0.15) is 0 Å². The van der Waals surface area contributed by atoms with Crippen molar-refractivity contribution >= 4 is 22.3 Å². The second-order valence-electron chi connectivity index (χ2n) is 7.58. The summed E-state index contributed by atoms with van der Waals surface area (Å²) in [4.78, 5) is 6.58. The summed E-state index contributed by atoms with van der Waals surface area (Å²) in [5.41, 5.74) is 9.32. The van der Waals surface area contributed by atoms with E-state index in [9.17, 15) is 4.39 Å². The number of anilines is 2. The summed E-state index contributed by atoms with van der Waals surface area (Å²) >= 11 is 0. The van der Waals surface area contributed by atoms with E-state index < -0.39 is 0 Å². The molecule has 0 spiro atoms. The summed E-state index contributed by atoms with van der Waals surface area (Å²) in [6.45, 7) is 5.06. The second-order valence-corrected chi connectivity index (χ2v) is 7.58. The standard InChI is InChI=1S/C22H25FN4/c1-14-4-3-5-19(23)22(14)16-8-17-12-26-21(24)10-18(17)20(9-16)25-11-15-6-7-27(2)13-15/h3-5,8-10,12,15,25H,6-7,11,13H2,1-2H3,(H2,24,26)/t15-/m0/s1. The smallest absolute Gasteiger partial charge is 0.131 e. The van der Waals surface area contributed by atoms with Crippen LogP contribution in [0.3, 0.4) is 0 Å². The lowest BCUT2D eigenvalue weighted by Gasteiger charge is -2.17. The van der Waals surface area contributed by atoms with Gasteiger partial charge in [0, 0.05) is 41.3 Å². The van der Waals surface area contributed by atoms with Gasteiger partial charge in [-0.15, -0.1) is 0 Å². The van der Waals surface area contributed by atoms with Crippen molar-refractivity contribution in [3.05, 3.63) is 54.0 Å². The van der Waals surface area contributed by atoms with Crippen molar-refractivity contribution in [1.29, 1.82) is 0 Å². The highest BCUT2D eigenvalue weighted by atomic mass is 19.1. The van der Waals surface area contributed by atoms with Crippen LogP contribution < -0.4 is 11.1 Å². The molecule has 1 atom stereocenters. The maximum atomic E-state index is 14.5. The Bertz CT molecular complexity index is 965. The van der Waals surface area contributed by atoms with Gasteiger partial charge in [0.25, 0.3) is 0 Å². The zero-order valence-corrected chi connectivity index (χ0v) is 15.8. The van der Waals surface area contributed by atoms with E-state index in [-0.39, 0.29) is 5.82 Å². The fraction of sp³-hybridized carbons (Fsp3) is 0.318. The molecule has 5 heteroatoms. The van der Waals surface area contributed by atoms with Crippen LogP contribution in [0.25, 0.3) is 21.9 Å². The van der Waals surface area contributed by atoms with Gasteiger partial charge in [-0.1, -0.05) is 12.1 Å². The largest absolute Gasteiger partial charge is 0.384 e. The summed E-state index contributed by atoms with van der Waals surface area (Å²) < 4.78 is 14.5. The summed E-state index contributed by atoms with van der Waals surface area (Å²) in [5.74, 6) is 0.894. The first-order chi connectivity index (χ1) is 13.0. The second kappa shape index (κ2) is 7.16. The number of benzene rings is 2. The molecule has 27 heavy (non-hydrogen) atoms. The molecule has 0 aliphatic carbocycles. The van der Waals surface area contributed by atoms with Gasteiger partial charge < -0.3 is 16.0 Å². The minimum absolute atomic E-state index is 0.207. The Hall–Kier alpha value is -2.66. The highest BCUT2D eigenvalue weighted by Gasteiger charge is 2.19. The number of hydrogen-bond donors (Lipinski definition) is 2. The number of likely N-dealkylation sites (tertiary alicyclic amines) is 1. The van der Waals surface area contributed by atoms with Gasteiger partial charge in [-0.25, -0.2) is 9.37 Å². The Balaban J connectivity index is 1.77. The third-order valence-corrected chi connectivity index (χ3v) is 5.44. The number of halogens is 1. The quantitative estimate of drug-likeness (QED) is 0.725. The molecular formula is C22H25FN4. The van der Waals surface area contributed by atoms with Crippen molar-refractivity contribution in [3.63, 3.8) is 0 Å². The van der Waals surface area contributed by atoms with E-state index in [1.54, 1.807) is 12.3 Å². The van der Waals surface area contributed by atoms with Gasteiger partial charge in [-0.05, 0) is 68.2 Å². The zero-order valence-electron chi connectivity index (χ0n) is 15.8. The molecule has 2 heterocycles. The number of nitrogens with one attached hydrogen (secondary N) is 1. The van der Waals surface area contributed by atoms with Crippen molar-refractivity contribution in [2.45, 2.75) is 13.3 Å². The topological polar surface area (TPSA) is 54.2 Å². The average molecular weight is 364 g/mol. The summed E-state index contributed by atoms with van der Waals surface area (Å²) in [6, 6.07) is 11.1. The van der Waals surface area contributed by atoms with E-state index in [0.717, 1.165) is 47.2 Å². The fourth-order valence-electron chi connectivity index (χ4n) is 4.01. The van der Waals surface area contributed by atoms with Crippen LogP contribution in [0.15, 0.2) is 42.6 Å². The van der Waals surface area contributed by atoms with Crippen LogP contribution in [-0.4, -0.2) is 36.6 Å². The van der Waals surface area contributed by atoms with Gasteiger partial charge >= 0.3 is 0 Å². The molecule has 0 saturated carbocycles. The van der Waals surface area contributed by atoms with Crippen molar-refractivity contribution in [1.82, 2.24) is 9.88 Å². The molecule has 1 aliphatic rings. The molecule has 2 aromatic carbocycles. The Kier molecular flexibility index (Phi) is 4.70. The van der Waals surface area contributed by atoms with E-state index in [2.05, 4.69) is 22.2 Å². The van der Waals surface area contributed by atoms with Crippen LogP contribution in [0.5, 0.6) is 0 Å². The number of rotatable bonds is 4. The molecule has 4 nitrogen and oxygen atoms in total. The predicted molar refractivity (Wildman–Crippen MR) is 110 cm³/mol. The minimum atomic E-state index is -0.207. The first kappa shape index (κ1) is 17.7. The number of nitrogen functional groups attached to an aromatic ring is 1. The van der Waals surface area contributed by atoms with Crippen LogP contribution >= 0.6 is 0 Å². The lowest BCUT2D eigenvalue weighted by molar-refractivity contribution is 0.399. The molecule has 0 unspecified atom stereocenters. The van der Waals surface area contributed by atoms with E-state index >= 15 is 0 Å². The van der Waals surface area contributed by atoms with E-state index in [0.29, 0.717) is 17.3 Å².